The van der Waals surface area contributed by atoms with Crippen molar-refractivity contribution in [2.24, 2.45) is 5.10 Å². The molecule has 5 rings (SSSR count). The third kappa shape index (κ3) is 3.49. The summed E-state index contributed by atoms with van der Waals surface area (Å²) in [5.74, 6) is 0.277. The number of carbonyl (C=O) groups excluding carboxylic acids is 1. The van der Waals surface area contributed by atoms with Crippen molar-refractivity contribution in [2.75, 3.05) is 0 Å². The number of carbonyl (C=O) groups is 1. The molecule has 1 heterocycles. The molecule has 4 aromatic rings. The van der Waals surface area contributed by atoms with Crippen LogP contribution in [-0.2, 0) is 0 Å². The minimum Gasteiger partial charge on any atom is -0.267 e. The fourth-order valence-corrected chi connectivity index (χ4v) is 3.65. The number of hydrogen-bond acceptors (Lipinski definition) is 3. The first-order chi connectivity index (χ1) is 14.2. The number of nitrogens with one attached hydrogen (secondary N) is 1. The van der Waals surface area contributed by atoms with Crippen molar-refractivity contribution in [1.29, 1.82) is 0 Å². The van der Waals surface area contributed by atoms with Crippen molar-refractivity contribution >= 4 is 33.3 Å². The number of aromatic nitrogens is 1. The first kappa shape index (κ1) is 17.6. The maximum Gasteiger partial charge on any atom is 0.272 e. The van der Waals surface area contributed by atoms with Crippen LogP contribution in [0, 0.1) is 0 Å². The fraction of sp³-hybridized carbons (Fsp3) is 0.160. The normalized spacial score (nSPS) is 14.3. The number of amides is 1. The predicted molar refractivity (Wildman–Crippen MR) is 117 cm³/mol. The number of nitrogens with zero attached hydrogens (tertiary/aromatic N) is 2. The number of fused-ring (bicyclic) bond motifs is 2. The van der Waals surface area contributed by atoms with Gasteiger partial charge in [-0.05, 0) is 54.3 Å². The van der Waals surface area contributed by atoms with Gasteiger partial charge in [-0.2, -0.15) is 5.10 Å². The molecule has 3 aromatic carbocycles. The van der Waals surface area contributed by atoms with E-state index in [0.717, 1.165) is 46.1 Å². The molecule has 0 atom stereocenters. The van der Waals surface area contributed by atoms with Crippen molar-refractivity contribution in [3.8, 4) is 0 Å². The van der Waals surface area contributed by atoms with Crippen LogP contribution >= 0.6 is 0 Å². The zero-order valence-electron chi connectivity index (χ0n) is 16.2. The van der Waals surface area contributed by atoms with Crippen LogP contribution in [0.25, 0.3) is 21.7 Å². The zero-order chi connectivity index (χ0) is 19.8. The van der Waals surface area contributed by atoms with Crippen LogP contribution in [0.1, 0.15) is 47.3 Å². The van der Waals surface area contributed by atoms with Crippen molar-refractivity contribution in [2.45, 2.75) is 25.7 Å². The van der Waals surface area contributed by atoms with Crippen LogP contribution < -0.4 is 5.43 Å². The number of benzene rings is 3. The van der Waals surface area contributed by atoms with Crippen molar-refractivity contribution in [3.05, 3.63) is 89.6 Å². The van der Waals surface area contributed by atoms with E-state index in [0.29, 0.717) is 11.5 Å². The Kier molecular flexibility index (Phi) is 4.32. The smallest absolute Gasteiger partial charge is 0.267 e. The Morgan fingerprint density at radius 1 is 0.966 bits per heavy atom. The van der Waals surface area contributed by atoms with Crippen molar-refractivity contribution < 1.29 is 4.79 Å². The van der Waals surface area contributed by atoms with Crippen LogP contribution in [0.15, 0.2) is 77.9 Å². The highest BCUT2D eigenvalue weighted by Crippen LogP contribution is 2.40. The lowest BCUT2D eigenvalue weighted by molar-refractivity contribution is 0.0956. The number of para-hydroxylation sites is 1. The maximum absolute atomic E-state index is 13.0. The second-order valence-electron chi connectivity index (χ2n) is 7.59. The lowest BCUT2D eigenvalue weighted by atomic mass is 10.0. The average Bonchev–Trinajstić information content (AvgIpc) is 3.61. The van der Waals surface area contributed by atoms with Gasteiger partial charge in [-0.3, -0.25) is 9.78 Å². The van der Waals surface area contributed by atoms with E-state index in [2.05, 4.69) is 34.8 Å². The monoisotopic (exact) mass is 379 g/mol. The van der Waals surface area contributed by atoms with E-state index in [4.69, 9.17) is 4.98 Å². The van der Waals surface area contributed by atoms with Gasteiger partial charge in [-0.1, -0.05) is 54.6 Å². The van der Waals surface area contributed by atoms with Crippen molar-refractivity contribution in [1.82, 2.24) is 10.4 Å². The van der Waals surface area contributed by atoms with Crippen LogP contribution in [0.5, 0.6) is 0 Å². The van der Waals surface area contributed by atoms with E-state index in [9.17, 15) is 4.79 Å². The molecule has 0 saturated heterocycles. The summed E-state index contributed by atoms with van der Waals surface area (Å²) in [6.45, 7) is 1.91. The van der Waals surface area contributed by atoms with E-state index in [-0.39, 0.29) is 5.91 Å². The van der Waals surface area contributed by atoms with Gasteiger partial charge in [0, 0.05) is 17.0 Å². The highest BCUT2D eigenvalue weighted by molar-refractivity contribution is 6.07. The predicted octanol–water partition coefficient (Wildman–Crippen LogP) is 5.42. The molecule has 0 bridgehead atoms. The zero-order valence-corrected chi connectivity index (χ0v) is 16.2. The molecule has 4 nitrogen and oxygen atoms in total. The van der Waals surface area contributed by atoms with E-state index < -0.39 is 0 Å². The molecule has 0 aliphatic heterocycles. The summed E-state index contributed by atoms with van der Waals surface area (Å²) < 4.78 is 0. The molecule has 1 fully saturated rings. The molecule has 1 aliphatic rings. The van der Waals surface area contributed by atoms with Gasteiger partial charge in [-0.25, -0.2) is 5.43 Å². The van der Waals surface area contributed by atoms with E-state index >= 15 is 0 Å². The topological polar surface area (TPSA) is 54.4 Å². The quantitative estimate of drug-likeness (QED) is 0.380. The molecule has 1 N–H and O–H groups in total. The molecule has 4 heteroatoms. The second kappa shape index (κ2) is 7.13. The van der Waals surface area contributed by atoms with Gasteiger partial charge < -0.3 is 0 Å². The van der Waals surface area contributed by atoms with Gasteiger partial charge in [0.25, 0.3) is 5.91 Å². The van der Waals surface area contributed by atoms with Crippen LogP contribution in [0.4, 0.5) is 0 Å². The van der Waals surface area contributed by atoms with Crippen LogP contribution in [-0.4, -0.2) is 16.6 Å². The third-order valence-corrected chi connectivity index (χ3v) is 5.47. The Hall–Kier alpha value is -3.53. The van der Waals surface area contributed by atoms with Gasteiger partial charge in [0.15, 0.2) is 0 Å². The summed E-state index contributed by atoms with van der Waals surface area (Å²) in [5.41, 5.74) is 7.00. The minimum absolute atomic E-state index is 0.203. The standard InChI is InChI=1S/C25H21N3O/c1-16(19-13-10-17-6-2-3-7-20(17)14-19)27-28-25(29)22-15-24(18-11-12-18)26-23-9-5-4-8-21(22)23/h2-10,13-15,18H,11-12H2,1H3,(H,28,29). The molecular weight excluding hydrogens is 358 g/mol. The summed E-state index contributed by atoms with van der Waals surface area (Å²) in [7, 11) is 0. The summed E-state index contributed by atoms with van der Waals surface area (Å²) >= 11 is 0. The lowest BCUT2D eigenvalue weighted by Gasteiger charge is -2.09. The molecule has 142 valence electrons. The fourth-order valence-electron chi connectivity index (χ4n) is 3.65. The Balaban J connectivity index is 1.45. The first-order valence-electron chi connectivity index (χ1n) is 9.92. The molecule has 1 amide bonds. The maximum atomic E-state index is 13.0. The summed E-state index contributed by atoms with van der Waals surface area (Å²) in [5, 5.41) is 7.56. The van der Waals surface area contributed by atoms with E-state index in [1.165, 1.54) is 5.39 Å². The molecule has 1 aliphatic carbocycles. The van der Waals surface area contributed by atoms with Crippen molar-refractivity contribution in [3.63, 3.8) is 0 Å². The summed E-state index contributed by atoms with van der Waals surface area (Å²) in [6, 6.07) is 24.1. The van der Waals surface area contributed by atoms with E-state index in [1.807, 2.05) is 55.5 Å². The van der Waals surface area contributed by atoms with Gasteiger partial charge in [-0.15, -0.1) is 0 Å². The van der Waals surface area contributed by atoms with Gasteiger partial charge in [0.05, 0.1) is 16.8 Å². The number of rotatable bonds is 4. The Labute approximate surface area is 169 Å². The Morgan fingerprint density at radius 2 is 1.72 bits per heavy atom. The van der Waals surface area contributed by atoms with Crippen LogP contribution in [0.2, 0.25) is 0 Å². The van der Waals surface area contributed by atoms with Gasteiger partial charge in [0.1, 0.15) is 0 Å². The van der Waals surface area contributed by atoms with E-state index in [1.54, 1.807) is 0 Å². The average molecular weight is 379 g/mol. The highest BCUT2D eigenvalue weighted by atomic mass is 16.2. The highest BCUT2D eigenvalue weighted by Gasteiger charge is 2.26. The SMILES string of the molecule is CC(=NNC(=O)c1cc(C2CC2)nc2ccccc12)c1ccc2ccccc2c1. The van der Waals surface area contributed by atoms with Gasteiger partial charge in [0.2, 0.25) is 0 Å². The lowest BCUT2D eigenvalue weighted by Crippen LogP contribution is -2.20. The number of hydrogen-bond donors (Lipinski definition) is 1. The van der Waals surface area contributed by atoms with Gasteiger partial charge >= 0.3 is 0 Å². The molecule has 29 heavy (non-hydrogen) atoms. The summed E-state index contributed by atoms with van der Waals surface area (Å²) in [4.78, 5) is 17.7. The number of hydrazone groups is 1. The minimum atomic E-state index is -0.203. The second-order valence-corrected chi connectivity index (χ2v) is 7.59. The molecule has 1 aromatic heterocycles. The molecular formula is C25H21N3O. The molecule has 0 radical (unpaired) electrons. The Bertz CT molecular complexity index is 1270. The third-order valence-electron chi connectivity index (χ3n) is 5.47. The molecule has 1 saturated carbocycles. The first-order valence-corrected chi connectivity index (χ1v) is 9.92. The Morgan fingerprint density at radius 3 is 2.55 bits per heavy atom. The molecule has 0 spiro atoms. The number of pyridine rings is 1. The largest absolute Gasteiger partial charge is 0.272 e. The molecule has 0 unspecified atom stereocenters. The van der Waals surface area contributed by atoms with Crippen LogP contribution in [0.3, 0.4) is 0 Å². The summed E-state index contributed by atoms with van der Waals surface area (Å²) in [6.07, 6.45) is 2.29.